The van der Waals surface area contributed by atoms with Crippen molar-refractivity contribution in [3.05, 3.63) is 0 Å². The monoisotopic (exact) mass is 283 g/mol. The molecule has 0 heterocycles. The van der Waals surface area contributed by atoms with E-state index in [-0.39, 0.29) is 17.2 Å². The average molecular weight is 284 g/mol. The van der Waals surface area contributed by atoms with E-state index in [0.29, 0.717) is 13.0 Å². The summed E-state index contributed by atoms with van der Waals surface area (Å²) in [6.07, 6.45) is 5.55. The first kappa shape index (κ1) is 15.2. The molecule has 4 nitrogen and oxygen atoms in total. The van der Waals surface area contributed by atoms with Gasteiger partial charge in [-0.15, -0.1) is 11.6 Å². The van der Waals surface area contributed by atoms with Crippen LogP contribution < -0.4 is 4.72 Å². The van der Waals surface area contributed by atoms with Gasteiger partial charge in [-0.1, -0.05) is 19.3 Å². The highest BCUT2D eigenvalue weighted by Gasteiger charge is 2.25. The van der Waals surface area contributed by atoms with E-state index >= 15 is 0 Å². The fourth-order valence-electron chi connectivity index (χ4n) is 2.08. The Labute approximate surface area is 109 Å². The van der Waals surface area contributed by atoms with Gasteiger partial charge in [0.2, 0.25) is 10.0 Å². The fourth-order valence-corrected chi connectivity index (χ4v) is 3.86. The van der Waals surface area contributed by atoms with Crippen molar-refractivity contribution in [2.45, 2.75) is 49.9 Å². The maximum atomic E-state index is 11.8. The lowest BCUT2D eigenvalue weighted by Crippen LogP contribution is -2.41. The maximum absolute atomic E-state index is 11.8. The van der Waals surface area contributed by atoms with Crippen molar-refractivity contribution in [2.75, 3.05) is 19.5 Å². The molecule has 0 spiro atoms. The van der Waals surface area contributed by atoms with Gasteiger partial charge in [-0.3, -0.25) is 0 Å². The number of nitrogens with one attached hydrogen (secondary N) is 1. The van der Waals surface area contributed by atoms with Crippen LogP contribution in [0.3, 0.4) is 0 Å². The Morgan fingerprint density at radius 1 is 1.29 bits per heavy atom. The minimum absolute atomic E-state index is 0.0744. The van der Waals surface area contributed by atoms with Gasteiger partial charge >= 0.3 is 0 Å². The van der Waals surface area contributed by atoms with E-state index in [1.165, 1.54) is 0 Å². The standard InChI is InChI=1S/C11H22ClNO3S/c1-16-8-5-9-17(14,15)13-11-7-4-2-3-6-10(11)12/h10-11,13H,2-9H2,1H3. The molecule has 0 aromatic carbocycles. The molecular weight excluding hydrogens is 262 g/mol. The van der Waals surface area contributed by atoms with Crippen LogP contribution in [0.5, 0.6) is 0 Å². The predicted molar refractivity (Wildman–Crippen MR) is 69.9 cm³/mol. The summed E-state index contributed by atoms with van der Waals surface area (Å²) in [5, 5.41) is -0.0744. The molecule has 0 aromatic rings. The van der Waals surface area contributed by atoms with Crippen molar-refractivity contribution >= 4 is 21.6 Å². The highest BCUT2D eigenvalue weighted by molar-refractivity contribution is 7.89. The van der Waals surface area contributed by atoms with Crippen molar-refractivity contribution in [1.82, 2.24) is 4.72 Å². The molecule has 0 aliphatic heterocycles. The second kappa shape index (κ2) is 7.56. The van der Waals surface area contributed by atoms with Crippen LogP contribution in [-0.4, -0.2) is 39.3 Å². The molecular formula is C11H22ClNO3S. The normalized spacial score (nSPS) is 26.7. The quantitative estimate of drug-likeness (QED) is 0.460. The predicted octanol–water partition coefficient (Wildman–Crippen LogP) is 1.88. The zero-order valence-electron chi connectivity index (χ0n) is 10.3. The number of ether oxygens (including phenoxy) is 1. The molecule has 0 bridgehead atoms. The van der Waals surface area contributed by atoms with Gasteiger partial charge in [-0.25, -0.2) is 13.1 Å². The first-order chi connectivity index (χ1) is 8.05. The Kier molecular flexibility index (Phi) is 6.77. The second-order valence-electron chi connectivity index (χ2n) is 4.54. The van der Waals surface area contributed by atoms with E-state index in [0.717, 1.165) is 32.1 Å². The highest BCUT2D eigenvalue weighted by atomic mass is 35.5. The Bertz CT molecular complexity index is 308. The average Bonchev–Trinajstić information content (AvgIpc) is 2.44. The molecule has 1 N–H and O–H groups in total. The molecule has 1 fully saturated rings. The van der Waals surface area contributed by atoms with Crippen LogP contribution in [0.4, 0.5) is 0 Å². The van der Waals surface area contributed by atoms with Crippen molar-refractivity contribution in [3.8, 4) is 0 Å². The zero-order valence-corrected chi connectivity index (χ0v) is 11.9. The number of hydrogen-bond acceptors (Lipinski definition) is 3. The highest BCUT2D eigenvalue weighted by Crippen LogP contribution is 2.22. The molecule has 1 aliphatic rings. The van der Waals surface area contributed by atoms with E-state index in [1.54, 1.807) is 7.11 Å². The van der Waals surface area contributed by atoms with Gasteiger partial charge in [-0.05, 0) is 19.3 Å². The number of alkyl halides is 1. The summed E-state index contributed by atoms with van der Waals surface area (Å²) in [4.78, 5) is 0. The number of sulfonamides is 1. The largest absolute Gasteiger partial charge is 0.385 e. The number of methoxy groups -OCH3 is 1. The lowest BCUT2D eigenvalue weighted by atomic mass is 10.1. The summed E-state index contributed by atoms with van der Waals surface area (Å²) in [5.74, 6) is 0.112. The van der Waals surface area contributed by atoms with Crippen LogP contribution in [0.15, 0.2) is 0 Å². The Morgan fingerprint density at radius 3 is 2.71 bits per heavy atom. The van der Waals surface area contributed by atoms with Gasteiger partial charge in [0.15, 0.2) is 0 Å². The van der Waals surface area contributed by atoms with E-state index in [9.17, 15) is 8.42 Å². The minimum atomic E-state index is -3.22. The third-order valence-electron chi connectivity index (χ3n) is 3.02. The summed E-state index contributed by atoms with van der Waals surface area (Å²) < 4.78 is 31.2. The van der Waals surface area contributed by atoms with E-state index in [1.807, 2.05) is 0 Å². The third kappa shape index (κ3) is 6.04. The molecule has 102 valence electrons. The Morgan fingerprint density at radius 2 is 2.00 bits per heavy atom. The van der Waals surface area contributed by atoms with Crippen molar-refractivity contribution in [1.29, 1.82) is 0 Å². The number of hydrogen-bond donors (Lipinski definition) is 1. The summed E-state index contributed by atoms with van der Waals surface area (Å²) in [6.45, 7) is 0.468. The van der Waals surface area contributed by atoms with Crippen LogP contribution in [0.2, 0.25) is 0 Å². The Balaban J connectivity index is 2.44. The molecule has 17 heavy (non-hydrogen) atoms. The number of rotatable bonds is 6. The molecule has 0 radical (unpaired) electrons. The zero-order chi connectivity index (χ0) is 12.7. The van der Waals surface area contributed by atoms with Gasteiger partial charge < -0.3 is 4.74 Å². The molecule has 1 saturated carbocycles. The minimum Gasteiger partial charge on any atom is -0.385 e. The van der Waals surface area contributed by atoms with Crippen molar-refractivity contribution < 1.29 is 13.2 Å². The van der Waals surface area contributed by atoms with Crippen molar-refractivity contribution in [3.63, 3.8) is 0 Å². The van der Waals surface area contributed by atoms with Gasteiger partial charge in [0.05, 0.1) is 5.75 Å². The Hall–Kier alpha value is 0.160. The van der Waals surface area contributed by atoms with Crippen LogP contribution in [0.1, 0.15) is 38.5 Å². The van der Waals surface area contributed by atoms with Gasteiger partial charge in [0.1, 0.15) is 0 Å². The molecule has 0 aromatic heterocycles. The lowest BCUT2D eigenvalue weighted by Gasteiger charge is -2.20. The van der Waals surface area contributed by atoms with Gasteiger partial charge in [-0.2, -0.15) is 0 Å². The van der Waals surface area contributed by atoms with Crippen LogP contribution >= 0.6 is 11.6 Å². The fraction of sp³-hybridized carbons (Fsp3) is 1.00. The second-order valence-corrected chi connectivity index (χ2v) is 6.98. The van der Waals surface area contributed by atoms with E-state index in [4.69, 9.17) is 16.3 Å². The maximum Gasteiger partial charge on any atom is 0.211 e. The lowest BCUT2D eigenvalue weighted by molar-refractivity contribution is 0.199. The molecule has 1 rings (SSSR count). The summed E-state index contributed by atoms with van der Waals surface area (Å²) in [5.41, 5.74) is 0. The van der Waals surface area contributed by atoms with Crippen LogP contribution in [0, 0.1) is 0 Å². The topological polar surface area (TPSA) is 55.4 Å². The third-order valence-corrected chi connectivity index (χ3v) is 5.03. The molecule has 0 saturated heterocycles. The summed E-state index contributed by atoms with van der Waals surface area (Å²) in [6, 6.07) is -0.105. The van der Waals surface area contributed by atoms with E-state index < -0.39 is 10.0 Å². The smallest absolute Gasteiger partial charge is 0.211 e. The molecule has 1 aliphatic carbocycles. The SMILES string of the molecule is COCCCS(=O)(=O)NC1CCCCCC1Cl. The van der Waals surface area contributed by atoms with Crippen LogP contribution in [0.25, 0.3) is 0 Å². The molecule has 2 atom stereocenters. The van der Waals surface area contributed by atoms with Gasteiger partial charge in [0, 0.05) is 25.1 Å². The molecule has 2 unspecified atom stereocenters. The first-order valence-electron chi connectivity index (χ1n) is 6.18. The summed E-state index contributed by atoms with van der Waals surface area (Å²) >= 11 is 6.20. The van der Waals surface area contributed by atoms with Gasteiger partial charge in [0.25, 0.3) is 0 Å². The number of halogens is 1. The van der Waals surface area contributed by atoms with Crippen molar-refractivity contribution in [2.24, 2.45) is 0 Å². The first-order valence-corrected chi connectivity index (χ1v) is 8.27. The molecule has 6 heteroatoms. The van der Waals surface area contributed by atoms with E-state index in [2.05, 4.69) is 4.72 Å². The summed E-state index contributed by atoms with van der Waals surface area (Å²) in [7, 11) is -1.65. The molecule has 0 amide bonds. The van der Waals surface area contributed by atoms with Crippen LogP contribution in [-0.2, 0) is 14.8 Å².